The van der Waals surface area contributed by atoms with Crippen LogP contribution in [0, 0.1) is 0 Å². The van der Waals surface area contributed by atoms with Crippen molar-refractivity contribution in [3.05, 3.63) is 54.1 Å². The van der Waals surface area contributed by atoms with Crippen LogP contribution in [0.3, 0.4) is 0 Å². The van der Waals surface area contributed by atoms with E-state index in [1.165, 1.54) is 0 Å². The molecule has 0 saturated carbocycles. The first-order valence-electron chi connectivity index (χ1n) is 5.04. The van der Waals surface area contributed by atoms with E-state index in [1.54, 1.807) is 13.2 Å². The summed E-state index contributed by atoms with van der Waals surface area (Å²) in [6.45, 7) is 0. The van der Waals surface area contributed by atoms with E-state index in [-0.39, 0.29) is 0 Å². The summed E-state index contributed by atoms with van der Waals surface area (Å²) in [4.78, 5) is 11.1. The van der Waals surface area contributed by atoms with E-state index in [0.29, 0.717) is 11.3 Å². The van der Waals surface area contributed by atoms with Gasteiger partial charge in [-0.1, -0.05) is 42.5 Å². The number of carbonyl (C=O) groups excluding carboxylic acids is 1. The zero-order chi connectivity index (χ0) is 11.4. The fraction of sp³-hybridized carbons (Fsp3) is 0.0714. The van der Waals surface area contributed by atoms with Crippen LogP contribution in [0.25, 0.3) is 11.1 Å². The van der Waals surface area contributed by atoms with Crippen LogP contribution < -0.4 is 4.74 Å². The van der Waals surface area contributed by atoms with Crippen molar-refractivity contribution in [3.63, 3.8) is 0 Å². The third-order valence-corrected chi connectivity index (χ3v) is 2.49. The number of methoxy groups -OCH3 is 1. The van der Waals surface area contributed by atoms with Crippen LogP contribution in [-0.2, 0) is 0 Å². The third kappa shape index (κ3) is 1.82. The molecule has 0 unspecified atom stereocenters. The summed E-state index contributed by atoms with van der Waals surface area (Å²) in [6, 6.07) is 15.4. The lowest BCUT2D eigenvalue weighted by Gasteiger charge is -2.09. The minimum Gasteiger partial charge on any atom is -0.496 e. The largest absolute Gasteiger partial charge is 0.496 e. The Morgan fingerprint density at radius 1 is 1.00 bits per heavy atom. The lowest BCUT2D eigenvalue weighted by Crippen LogP contribution is -1.93. The highest BCUT2D eigenvalue weighted by Gasteiger charge is 2.08. The van der Waals surface area contributed by atoms with Crippen molar-refractivity contribution < 1.29 is 9.53 Å². The van der Waals surface area contributed by atoms with Gasteiger partial charge in [-0.2, -0.15) is 0 Å². The predicted molar refractivity (Wildman–Crippen MR) is 63.8 cm³/mol. The Balaban J connectivity index is 2.61. The predicted octanol–water partition coefficient (Wildman–Crippen LogP) is 3.17. The van der Waals surface area contributed by atoms with Crippen LogP contribution in [0.15, 0.2) is 48.5 Å². The van der Waals surface area contributed by atoms with Crippen LogP contribution in [0.5, 0.6) is 5.75 Å². The summed E-state index contributed by atoms with van der Waals surface area (Å²) in [5.41, 5.74) is 2.51. The molecule has 0 N–H and O–H groups in total. The van der Waals surface area contributed by atoms with Crippen molar-refractivity contribution in [2.75, 3.05) is 7.11 Å². The van der Waals surface area contributed by atoms with Gasteiger partial charge in [-0.05, 0) is 17.2 Å². The van der Waals surface area contributed by atoms with Gasteiger partial charge >= 0.3 is 0 Å². The molecule has 0 amide bonds. The summed E-state index contributed by atoms with van der Waals surface area (Å²) < 4.78 is 5.17. The van der Waals surface area contributed by atoms with Crippen molar-refractivity contribution in [1.82, 2.24) is 0 Å². The molecule has 2 aromatic carbocycles. The van der Waals surface area contributed by atoms with Gasteiger partial charge in [-0.25, -0.2) is 0 Å². The van der Waals surface area contributed by atoms with E-state index < -0.39 is 0 Å². The molecule has 2 aromatic rings. The molecular weight excluding hydrogens is 200 g/mol. The fourth-order valence-corrected chi connectivity index (χ4v) is 1.71. The van der Waals surface area contributed by atoms with Crippen molar-refractivity contribution in [2.45, 2.75) is 0 Å². The highest BCUT2D eigenvalue weighted by atomic mass is 16.5. The first kappa shape index (κ1) is 10.4. The van der Waals surface area contributed by atoms with Gasteiger partial charge in [0, 0.05) is 0 Å². The number of benzene rings is 2. The molecule has 0 aliphatic carbocycles. The maximum absolute atomic E-state index is 11.1. The Kier molecular flexibility index (Phi) is 3.01. The topological polar surface area (TPSA) is 26.3 Å². The van der Waals surface area contributed by atoms with Crippen LogP contribution in [0.2, 0.25) is 0 Å². The van der Waals surface area contributed by atoms with Gasteiger partial charge in [0.25, 0.3) is 0 Å². The van der Waals surface area contributed by atoms with E-state index in [1.807, 2.05) is 42.5 Å². The monoisotopic (exact) mass is 212 g/mol. The maximum atomic E-state index is 11.1. The molecule has 80 valence electrons. The molecule has 0 radical (unpaired) electrons. The van der Waals surface area contributed by atoms with E-state index in [2.05, 4.69) is 0 Å². The zero-order valence-electron chi connectivity index (χ0n) is 9.01. The molecule has 2 nitrogen and oxygen atoms in total. The minimum atomic E-state index is 0.594. The van der Waals surface area contributed by atoms with Crippen LogP contribution in [0.1, 0.15) is 10.4 Å². The van der Waals surface area contributed by atoms with Gasteiger partial charge in [0.05, 0.1) is 12.7 Å². The molecule has 0 aliphatic heterocycles. The molecular formula is C14H12O2. The van der Waals surface area contributed by atoms with E-state index in [4.69, 9.17) is 4.74 Å². The summed E-state index contributed by atoms with van der Waals surface area (Å²) in [6.07, 6.45) is 0.834. The quantitative estimate of drug-likeness (QED) is 0.730. The Bertz CT molecular complexity index is 489. The van der Waals surface area contributed by atoms with Gasteiger partial charge in [0.15, 0.2) is 6.29 Å². The molecule has 16 heavy (non-hydrogen) atoms. The minimum absolute atomic E-state index is 0.594. The maximum Gasteiger partial charge on any atom is 0.154 e. The Morgan fingerprint density at radius 2 is 1.75 bits per heavy atom. The van der Waals surface area contributed by atoms with Gasteiger partial charge < -0.3 is 4.74 Å². The smallest absolute Gasteiger partial charge is 0.154 e. The van der Waals surface area contributed by atoms with Gasteiger partial charge in [-0.15, -0.1) is 0 Å². The Labute approximate surface area is 94.5 Å². The number of hydrogen-bond acceptors (Lipinski definition) is 2. The number of rotatable bonds is 3. The van der Waals surface area contributed by atoms with Gasteiger partial charge in [0.2, 0.25) is 0 Å². The summed E-state index contributed by atoms with van der Waals surface area (Å²) in [7, 11) is 1.57. The van der Waals surface area contributed by atoms with Crippen LogP contribution in [-0.4, -0.2) is 13.4 Å². The molecule has 0 aliphatic rings. The zero-order valence-corrected chi connectivity index (χ0v) is 9.01. The Hall–Kier alpha value is -2.09. The number of aldehydes is 1. The molecule has 2 heteroatoms. The SMILES string of the molecule is COc1cccc(-c2ccccc2)c1C=O. The van der Waals surface area contributed by atoms with Crippen molar-refractivity contribution in [3.8, 4) is 16.9 Å². The molecule has 0 bridgehead atoms. The average Bonchev–Trinajstić information content (AvgIpc) is 2.38. The Morgan fingerprint density at radius 3 is 2.38 bits per heavy atom. The molecule has 0 spiro atoms. The molecule has 0 atom stereocenters. The summed E-state index contributed by atoms with van der Waals surface area (Å²) in [5.74, 6) is 0.608. The average molecular weight is 212 g/mol. The molecule has 0 heterocycles. The second-order valence-corrected chi connectivity index (χ2v) is 3.41. The van der Waals surface area contributed by atoms with Crippen LogP contribution in [0.4, 0.5) is 0 Å². The standard InChI is InChI=1S/C14H12O2/c1-16-14-9-5-8-12(13(14)10-15)11-6-3-2-4-7-11/h2-10H,1H3. The van der Waals surface area contributed by atoms with Crippen LogP contribution >= 0.6 is 0 Å². The molecule has 0 aromatic heterocycles. The first-order chi connectivity index (χ1) is 7.86. The molecule has 0 saturated heterocycles. The van der Waals surface area contributed by atoms with Crippen molar-refractivity contribution >= 4 is 6.29 Å². The number of hydrogen-bond donors (Lipinski definition) is 0. The number of ether oxygens (including phenoxy) is 1. The van der Waals surface area contributed by atoms with Gasteiger partial charge in [0.1, 0.15) is 5.75 Å². The van der Waals surface area contributed by atoms with E-state index in [9.17, 15) is 4.79 Å². The lowest BCUT2D eigenvalue weighted by molar-refractivity contribution is 0.112. The lowest BCUT2D eigenvalue weighted by atomic mass is 10.00. The number of carbonyl (C=O) groups is 1. The fourth-order valence-electron chi connectivity index (χ4n) is 1.71. The van der Waals surface area contributed by atoms with Crippen molar-refractivity contribution in [2.24, 2.45) is 0 Å². The van der Waals surface area contributed by atoms with E-state index in [0.717, 1.165) is 17.4 Å². The summed E-state index contributed by atoms with van der Waals surface area (Å²) in [5, 5.41) is 0. The van der Waals surface area contributed by atoms with Gasteiger partial charge in [-0.3, -0.25) is 4.79 Å². The molecule has 0 fully saturated rings. The second-order valence-electron chi connectivity index (χ2n) is 3.41. The van der Waals surface area contributed by atoms with Crippen molar-refractivity contribution in [1.29, 1.82) is 0 Å². The van der Waals surface area contributed by atoms with E-state index >= 15 is 0 Å². The first-order valence-corrected chi connectivity index (χ1v) is 5.04. The summed E-state index contributed by atoms with van der Waals surface area (Å²) >= 11 is 0. The highest BCUT2D eigenvalue weighted by Crippen LogP contribution is 2.28. The third-order valence-electron chi connectivity index (χ3n) is 2.49. The normalized spacial score (nSPS) is 9.81. The highest BCUT2D eigenvalue weighted by molar-refractivity contribution is 5.90. The second kappa shape index (κ2) is 4.62. The molecule has 2 rings (SSSR count).